The average Bonchev–Trinajstić information content (AvgIpc) is 3.06. The molecule has 0 bridgehead atoms. The Morgan fingerprint density at radius 1 is 1.40 bits per heavy atom. The highest BCUT2D eigenvalue weighted by molar-refractivity contribution is 5.05. The average molecular weight is 276 g/mol. The number of nitrogens with zero attached hydrogens (tertiary/aromatic N) is 3. The van der Waals surface area contributed by atoms with Crippen LogP contribution >= 0.6 is 0 Å². The Kier molecular flexibility index (Phi) is 5.38. The third-order valence-electron chi connectivity index (χ3n) is 3.38. The van der Waals surface area contributed by atoms with E-state index in [-0.39, 0.29) is 6.04 Å². The van der Waals surface area contributed by atoms with Crippen LogP contribution in [0.15, 0.2) is 35.1 Å². The summed E-state index contributed by atoms with van der Waals surface area (Å²) in [5.41, 5.74) is 1.23. The van der Waals surface area contributed by atoms with Crippen LogP contribution in [0.4, 0.5) is 0 Å². The molecule has 0 amide bonds. The SMILES string of the molecule is CCCn1nccc1CNCC(c1ccco1)N(C)C. The van der Waals surface area contributed by atoms with Crippen molar-refractivity contribution in [2.75, 3.05) is 20.6 Å². The van der Waals surface area contributed by atoms with Crippen molar-refractivity contribution in [2.24, 2.45) is 0 Å². The fraction of sp³-hybridized carbons (Fsp3) is 0.533. The molecule has 0 fully saturated rings. The van der Waals surface area contributed by atoms with Gasteiger partial charge in [-0.2, -0.15) is 5.10 Å². The van der Waals surface area contributed by atoms with E-state index in [9.17, 15) is 0 Å². The lowest BCUT2D eigenvalue weighted by Gasteiger charge is -2.22. The highest BCUT2D eigenvalue weighted by Crippen LogP contribution is 2.17. The van der Waals surface area contributed by atoms with Crippen LogP contribution in [-0.2, 0) is 13.1 Å². The van der Waals surface area contributed by atoms with Gasteiger partial charge in [0, 0.05) is 25.8 Å². The Morgan fingerprint density at radius 3 is 2.90 bits per heavy atom. The summed E-state index contributed by atoms with van der Waals surface area (Å²) >= 11 is 0. The van der Waals surface area contributed by atoms with Crippen molar-refractivity contribution in [3.05, 3.63) is 42.1 Å². The summed E-state index contributed by atoms with van der Waals surface area (Å²) in [4.78, 5) is 2.16. The van der Waals surface area contributed by atoms with Gasteiger partial charge in [0.15, 0.2) is 0 Å². The van der Waals surface area contributed by atoms with Crippen molar-refractivity contribution in [2.45, 2.75) is 32.5 Å². The van der Waals surface area contributed by atoms with Crippen LogP contribution in [-0.4, -0.2) is 35.3 Å². The van der Waals surface area contributed by atoms with E-state index >= 15 is 0 Å². The van der Waals surface area contributed by atoms with Crippen molar-refractivity contribution in [3.8, 4) is 0 Å². The van der Waals surface area contributed by atoms with Crippen molar-refractivity contribution >= 4 is 0 Å². The maximum atomic E-state index is 5.51. The molecule has 110 valence electrons. The first-order valence-electron chi connectivity index (χ1n) is 7.13. The van der Waals surface area contributed by atoms with E-state index in [4.69, 9.17) is 4.42 Å². The van der Waals surface area contributed by atoms with Crippen molar-refractivity contribution in [1.29, 1.82) is 0 Å². The summed E-state index contributed by atoms with van der Waals surface area (Å²) < 4.78 is 7.57. The van der Waals surface area contributed by atoms with Gasteiger partial charge >= 0.3 is 0 Å². The molecule has 1 atom stereocenters. The Morgan fingerprint density at radius 2 is 2.25 bits per heavy atom. The molecule has 0 saturated heterocycles. The van der Waals surface area contributed by atoms with Crippen LogP contribution in [0.25, 0.3) is 0 Å². The first kappa shape index (κ1) is 14.8. The molecule has 2 aromatic rings. The van der Waals surface area contributed by atoms with E-state index in [0.29, 0.717) is 0 Å². The molecule has 2 aromatic heterocycles. The minimum absolute atomic E-state index is 0.243. The minimum atomic E-state index is 0.243. The topological polar surface area (TPSA) is 46.2 Å². The van der Waals surface area contributed by atoms with Gasteiger partial charge in [0.2, 0.25) is 0 Å². The highest BCUT2D eigenvalue weighted by Gasteiger charge is 2.16. The van der Waals surface area contributed by atoms with Gasteiger partial charge in [-0.25, -0.2) is 0 Å². The van der Waals surface area contributed by atoms with Gasteiger partial charge in [-0.1, -0.05) is 6.92 Å². The summed E-state index contributed by atoms with van der Waals surface area (Å²) in [5.74, 6) is 0.990. The molecule has 2 heterocycles. The second-order valence-electron chi connectivity index (χ2n) is 5.17. The summed E-state index contributed by atoms with van der Waals surface area (Å²) in [6.45, 7) is 4.81. The van der Waals surface area contributed by atoms with Gasteiger partial charge in [0.1, 0.15) is 5.76 Å². The Labute approximate surface area is 120 Å². The molecule has 1 unspecified atom stereocenters. The molecule has 0 radical (unpaired) electrons. The van der Waals surface area contributed by atoms with Gasteiger partial charge in [-0.15, -0.1) is 0 Å². The molecular formula is C15H24N4O. The number of rotatable bonds is 8. The normalized spacial score (nSPS) is 13.0. The van der Waals surface area contributed by atoms with Crippen molar-refractivity contribution in [3.63, 3.8) is 0 Å². The van der Waals surface area contributed by atoms with Gasteiger partial charge in [0.25, 0.3) is 0 Å². The van der Waals surface area contributed by atoms with Gasteiger partial charge in [-0.3, -0.25) is 9.58 Å². The maximum Gasteiger partial charge on any atom is 0.122 e. The molecule has 0 aliphatic rings. The summed E-state index contributed by atoms with van der Waals surface area (Å²) in [6, 6.07) is 6.27. The largest absolute Gasteiger partial charge is 0.468 e. The third-order valence-corrected chi connectivity index (χ3v) is 3.38. The third kappa shape index (κ3) is 3.71. The predicted molar refractivity (Wildman–Crippen MR) is 79.4 cm³/mol. The lowest BCUT2D eigenvalue weighted by atomic mass is 10.2. The molecule has 0 aromatic carbocycles. The molecule has 0 spiro atoms. The van der Waals surface area contributed by atoms with E-state index in [0.717, 1.165) is 31.8 Å². The van der Waals surface area contributed by atoms with Crippen molar-refractivity contribution in [1.82, 2.24) is 20.0 Å². The molecule has 1 N–H and O–H groups in total. The highest BCUT2D eigenvalue weighted by atomic mass is 16.3. The zero-order chi connectivity index (χ0) is 14.4. The van der Waals surface area contributed by atoms with E-state index in [1.54, 1.807) is 6.26 Å². The van der Waals surface area contributed by atoms with Crippen LogP contribution in [0, 0.1) is 0 Å². The van der Waals surface area contributed by atoms with E-state index in [1.807, 2.05) is 18.3 Å². The van der Waals surface area contributed by atoms with Crippen LogP contribution in [0.2, 0.25) is 0 Å². The van der Waals surface area contributed by atoms with E-state index < -0.39 is 0 Å². The summed E-state index contributed by atoms with van der Waals surface area (Å²) in [6.07, 6.45) is 4.69. The molecule has 0 aliphatic carbocycles. The fourth-order valence-electron chi connectivity index (χ4n) is 2.28. The standard InChI is InChI=1S/C15H24N4O/c1-4-9-19-13(7-8-17-19)11-16-12-14(18(2)3)15-6-5-10-20-15/h5-8,10,14,16H,4,9,11-12H2,1-3H3. The van der Waals surface area contributed by atoms with Crippen LogP contribution in [0.1, 0.15) is 30.8 Å². The molecule has 5 heteroatoms. The zero-order valence-corrected chi connectivity index (χ0v) is 12.5. The van der Waals surface area contributed by atoms with Crippen LogP contribution in [0.3, 0.4) is 0 Å². The summed E-state index contributed by atoms with van der Waals surface area (Å²) in [5, 5.41) is 7.83. The minimum Gasteiger partial charge on any atom is -0.468 e. The molecule has 5 nitrogen and oxygen atoms in total. The Bertz CT molecular complexity index is 490. The quantitative estimate of drug-likeness (QED) is 0.803. The summed E-state index contributed by atoms with van der Waals surface area (Å²) in [7, 11) is 4.13. The predicted octanol–water partition coefficient (Wildman–Crippen LogP) is 2.28. The monoisotopic (exact) mass is 276 g/mol. The Hall–Kier alpha value is -1.59. The van der Waals surface area contributed by atoms with Crippen molar-refractivity contribution < 1.29 is 4.42 Å². The smallest absolute Gasteiger partial charge is 0.122 e. The van der Waals surface area contributed by atoms with Gasteiger partial charge in [0.05, 0.1) is 18.0 Å². The molecule has 20 heavy (non-hydrogen) atoms. The number of hydrogen-bond donors (Lipinski definition) is 1. The van der Waals surface area contributed by atoms with Gasteiger partial charge < -0.3 is 9.73 Å². The van der Waals surface area contributed by atoms with Gasteiger partial charge in [-0.05, 0) is 38.7 Å². The Balaban J connectivity index is 1.89. The second kappa shape index (κ2) is 7.26. The van der Waals surface area contributed by atoms with Crippen LogP contribution < -0.4 is 5.32 Å². The number of aryl methyl sites for hydroxylation is 1. The lowest BCUT2D eigenvalue weighted by molar-refractivity contribution is 0.249. The molecule has 2 rings (SSSR count). The maximum absolute atomic E-state index is 5.51. The van der Waals surface area contributed by atoms with E-state index in [1.165, 1.54) is 5.69 Å². The number of furan rings is 1. The lowest BCUT2D eigenvalue weighted by Crippen LogP contribution is -2.31. The number of hydrogen-bond acceptors (Lipinski definition) is 4. The first-order valence-corrected chi connectivity index (χ1v) is 7.13. The first-order chi connectivity index (χ1) is 9.72. The number of nitrogens with one attached hydrogen (secondary N) is 1. The zero-order valence-electron chi connectivity index (χ0n) is 12.5. The molecular weight excluding hydrogens is 252 g/mol. The molecule has 0 saturated carbocycles. The number of likely N-dealkylation sites (N-methyl/N-ethyl adjacent to an activating group) is 1. The second-order valence-corrected chi connectivity index (χ2v) is 5.17. The fourth-order valence-corrected chi connectivity index (χ4v) is 2.28. The van der Waals surface area contributed by atoms with E-state index in [2.05, 4.69) is 47.1 Å². The van der Waals surface area contributed by atoms with Crippen LogP contribution in [0.5, 0.6) is 0 Å². The number of aromatic nitrogens is 2. The molecule has 0 aliphatic heterocycles.